The highest BCUT2D eigenvalue weighted by Crippen LogP contribution is 2.19. The van der Waals surface area contributed by atoms with E-state index in [4.69, 9.17) is 11.6 Å². The van der Waals surface area contributed by atoms with E-state index in [1.165, 1.54) is 0 Å². The van der Waals surface area contributed by atoms with Crippen LogP contribution in [0.5, 0.6) is 0 Å². The predicted molar refractivity (Wildman–Crippen MR) is 70.5 cm³/mol. The Balaban J connectivity index is 1.88. The van der Waals surface area contributed by atoms with Crippen molar-refractivity contribution in [2.24, 2.45) is 0 Å². The fourth-order valence-corrected chi connectivity index (χ4v) is 2.14. The lowest BCUT2D eigenvalue weighted by Crippen LogP contribution is -2.32. The van der Waals surface area contributed by atoms with Crippen LogP contribution in [0.1, 0.15) is 18.4 Å². The lowest BCUT2D eigenvalue weighted by molar-refractivity contribution is -0.128. The number of aryl methyl sites for hydroxylation is 1. The molecule has 1 saturated heterocycles. The highest BCUT2D eigenvalue weighted by Gasteiger charge is 2.17. The Kier molecular flexibility index (Phi) is 3.89. The summed E-state index contributed by atoms with van der Waals surface area (Å²) in [5.41, 5.74) is 1.94. The fraction of sp³-hybridized carbons (Fsp3) is 0.462. The molecule has 0 aromatic heterocycles. The van der Waals surface area contributed by atoms with Gasteiger partial charge >= 0.3 is 0 Å². The minimum Gasteiger partial charge on any atom is -0.376 e. The molecule has 1 aromatic rings. The Morgan fingerprint density at radius 1 is 1.41 bits per heavy atom. The van der Waals surface area contributed by atoms with E-state index in [0.29, 0.717) is 6.54 Å². The van der Waals surface area contributed by atoms with Gasteiger partial charge in [-0.05, 0) is 37.5 Å². The number of likely N-dealkylation sites (tertiary alicyclic amines) is 1. The van der Waals surface area contributed by atoms with Gasteiger partial charge in [0, 0.05) is 23.8 Å². The van der Waals surface area contributed by atoms with Gasteiger partial charge in [-0.15, -0.1) is 0 Å². The minimum atomic E-state index is 0.166. The monoisotopic (exact) mass is 252 g/mol. The fourth-order valence-electron chi connectivity index (χ4n) is 1.96. The largest absolute Gasteiger partial charge is 0.376 e. The first kappa shape index (κ1) is 12.2. The van der Waals surface area contributed by atoms with Crippen LogP contribution in [0.15, 0.2) is 18.2 Å². The molecule has 0 bridgehead atoms. The zero-order valence-electron chi connectivity index (χ0n) is 10.0. The molecule has 17 heavy (non-hydrogen) atoms. The molecule has 1 heterocycles. The molecule has 1 aromatic carbocycles. The number of hydrogen-bond acceptors (Lipinski definition) is 2. The van der Waals surface area contributed by atoms with Crippen LogP contribution in [0, 0.1) is 6.92 Å². The van der Waals surface area contributed by atoms with Gasteiger partial charge in [-0.1, -0.05) is 17.7 Å². The van der Waals surface area contributed by atoms with Crippen LogP contribution < -0.4 is 5.32 Å². The Bertz CT molecular complexity index is 414. The number of hydrogen-bond donors (Lipinski definition) is 1. The van der Waals surface area contributed by atoms with Gasteiger partial charge in [-0.3, -0.25) is 4.79 Å². The highest BCUT2D eigenvalue weighted by molar-refractivity contribution is 6.31. The summed E-state index contributed by atoms with van der Waals surface area (Å²) in [4.78, 5) is 13.7. The summed E-state index contributed by atoms with van der Waals surface area (Å²) >= 11 is 6.02. The second-order valence-corrected chi connectivity index (χ2v) is 4.81. The minimum absolute atomic E-state index is 0.166. The molecule has 1 aliphatic heterocycles. The van der Waals surface area contributed by atoms with Crippen LogP contribution >= 0.6 is 11.6 Å². The maximum absolute atomic E-state index is 11.8. The number of rotatable bonds is 3. The summed E-state index contributed by atoms with van der Waals surface area (Å²) in [7, 11) is 0. The third-order valence-corrected chi connectivity index (χ3v) is 3.48. The topological polar surface area (TPSA) is 32.3 Å². The van der Waals surface area contributed by atoms with E-state index in [0.717, 1.165) is 42.2 Å². The number of nitrogens with one attached hydrogen (secondary N) is 1. The van der Waals surface area contributed by atoms with Crippen molar-refractivity contribution in [2.45, 2.75) is 19.8 Å². The number of benzene rings is 1. The molecule has 1 aliphatic rings. The Labute approximate surface area is 107 Å². The van der Waals surface area contributed by atoms with Crippen LogP contribution in [0.25, 0.3) is 0 Å². The molecule has 1 fully saturated rings. The Hall–Kier alpha value is -1.22. The first-order chi connectivity index (χ1) is 8.16. The quantitative estimate of drug-likeness (QED) is 0.897. The van der Waals surface area contributed by atoms with Crippen molar-refractivity contribution in [3.63, 3.8) is 0 Å². The molecule has 92 valence electrons. The second kappa shape index (κ2) is 5.41. The van der Waals surface area contributed by atoms with Gasteiger partial charge in [-0.25, -0.2) is 0 Å². The lowest BCUT2D eigenvalue weighted by atomic mass is 10.2. The van der Waals surface area contributed by atoms with E-state index in [2.05, 4.69) is 5.32 Å². The third kappa shape index (κ3) is 3.13. The molecule has 0 unspecified atom stereocenters. The molecule has 3 nitrogen and oxygen atoms in total. The van der Waals surface area contributed by atoms with E-state index in [1.54, 1.807) is 0 Å². The summed E-state index contributed by atoms with van der Waals surface area (Å²) < 4.78 is 0. The smallest absolute Gasteiger partial charge is 0.241 e. The molecular formula is C13H17ClN2O. The van der Waals surface area contributed by atoms with E-state index < -0.39 is 0 Å². The molecule has 0 saturated carbocycles. The molecule has 0 spiro atoms. The van der Waals surface area contributed by atoms with Gasteiger partial charge in [0.2, 0.25) is 5.91 Å². The molecule has 0 atom stereocenters. The number of carbonyl (C=O) groups is 1. The van der Waals surface area contributed by atoms with Crippen LogP contribution in [0.4, 0.5) is 5.69 Å². The molecule has 0 aliphatic carbocycles. The molecule has 2 rings (SSSR count). The zero-order chi connectivity index (χ0) is 12.3. The Morgan fingerprint density at radius 3 is 2.76 bits per heavy atom. The number of halogens is 1. The van der Waals surface area contributed by atoms with Crippen molar-refractivity contribution in [1.82, 2.24) is 4.90 Å². The standard InChI is InChI=1S/C13H17ClN2O/c1-10-4-5-11(8-12(10)14)15-9-13(17)16-6-2-3-7-16/h4-5,8,15H,2-3,6-7,9H2,1H3. The summed E-state index contributed by atoms with van der Waals surface area (Å²) in [6, 6.07) is 5.75. The average molecular weight is 253 g/mol. The van der Waals surface area contributed by atoms with Crippen LogP contribution in [-0.2, 0) is 4.79 Å². The van der Waals surface area contributed by atoms with Gasteiger partial charge in [0.05, 0.1) is 6.54 Å². The predicted octanol–water partition coefficient (Wildman–Crippen LogP) is 2.68. The van der Waals surface area contributed by atoms with Crippen molar-refractivity contribution in [2.75, 3.05) is 25.0 Å². The number of anilines is 1. The van der Waals surface area contributed by atoms with Crippen LogP contribution in [0.2, 0.25) is 5.02 Å². The van der Waals surface area contributed by atoms with Gasteiger partial charge in [0.15, 0.2) is 0 Å². The average Bonchev–Trinajstić information content (AvgIpc) is 2.84. The molecule has 1 amide bonds. The van der Waals surface area contributed by atoms with E-state index in [9.17, 15) is 4.79 Å². The first-order valence-corrected chi connectivity index (χ1v) is 6.32. The van der Waals surface area contributed by atoms with Gasteiger partial charge in [0.1, 0.15) is 0 Å². The number of carbonyl (C=O) groups excluding carboxylic acids is 1. The molecule has 4 heteroatoms. The van der Waals surface area contributed by atoms with Crippen LogP contribution in [0.3, 0.4) is 0 Å². The van der Waals surface area contributed by atoms with Gasteiger partial charge < -0.3 is 10.2 Å². The molecular weight excluding hydrogens is 236 g/mol. The van der Waals surface area contributed by atoms with Crippen molar-refractivity contribution in [3.05, 3.63) is 28.8 Å². The third-order valence-electron chi connectivity index (χ3n) is 3.07. The van der Waals surface area contributed by atoms with Crippen molar-refractivity contribution in [3.8, 4) is 0 Å². The zero-order valence-corrected chi connectivity index (χ0v) is 10.8. The summed E-state index contributed by atoms with van der Waals surface area (Å²) in [5.74, 6) is 0.166. The second-order valence-electron chi connectivity index (χ2n) is 4.41. The van der Waals surface area contributed by atoms with Gasteiger partial charge in [-0.2, -0.15) is 0 Å². The summed E-state index contributed by atoms with van der Waals surface area (Å²) in [6.45, 7) is 4.10. The Morgan fingerprint density at radius 2 is 2.12 bits per heavy atom. The number of amides is 1. The summed E-state index contributed by atoms with van der Waals surface area (Å²) in [6.07, 6.45) is 2.25. The van der Waals surface area contributed by atoms with Crippen molar-refractivity contribution < 1.29 is 4.79 Å². The van der Waals surface area contributed by atoms with Gasteiger partial charge in [0.25, 0.3) is 0 Å². The number of nitrogens with zero attached hydrogens (tertiary/aromatic N) is 1. The SMILES string of the molecule is Cc1ccc(NCC(=O)N2CCCC2)cc1Cl. The molecule has 1 N–H and O–H groups in total. The highest BCUT2D eigenvalue weighted by atomic mass is 35.5. The lowest BCUT2D eigenvalue weighted by Gasteiger charge is -2.16. The maximum Gasteiger partial charge on any atom is 0.241 e. The summed E-state index contributed by atoms with van der Waals surface area (Å²) in [5, 5.41) is 3.84. The van der Waals surface area contributed by atoms with E-state index in [-0.39, 0.29) is 5.91 Å². The molecule has 0 radical (unpaired) electrons. The van der Waals surface area contributed by atoms with E-state index >= 15 is 0 Å². The van der Waals surface area contributed by atoms with E-state index in [1.807, 2.05) is 30.0 Å². The van der Waals surface area contributed by atoms with Crippen molar-refractivity contribution in [1.29, 1.82) is 0 Å². The van der Waals surface area contributed by atoms with Crippen LogP contribution in [-0.4, -0.2) is 30.4 Å². The normalized spacial score (nSPS) is 15.1. The first-order valence-electron chi connectivity index (χ1n) is 5.94. The maximum atomic E-state index is 11.8. The van der Waals surface area contributed by atoms with Crippen molar-refractivity contribution >= 4 is 23.2 Å².